The Balaban J connectivity index is 1.42. The SMILES string of the molecule is CCOc1ccc(-c2ccc(C(=O)OC3CCC(c4ccc(C)c(F)c4F)CC3)c(F)c2)c(F)c1F. The van der Waals surface area contributed by atoms with Gasteiger partial charge in [0.25, 0.3) is 0 Å². The normalized spacial score (nSPS) is 17.6. The lowest BCUT2D eigenvalue weighted by atomic mass is 9.82. The van der Waals surface area contributed by atoms with Gasteiger partial charge in [-0.3, -0.25) is 0 Å². The van der Waals surface area contributed by atoms with E-state index < -0.39 is 41.2 Å². The van der Waals surface area contributed by atoms with E-state index in [1.165, 1.54) is 25.1 Å². The Hall–Kier alpha value is -3.42. The quantitative estimate of drug-likeness (QED) is 0.256. The molecule has 0 amide bonds. The number of hydrogen-bond donors (Lipinski definition) is 0. The van der Waals surface area contributed by atoms with Crippen LogP contribution >= 0.6 is 0 Å². The molecule has 36 heavy (non-hydrogen) atoms. The molecule has 0 saturated heterocycles. The predicted molar refractivity (Wildman–Crippen MR) is 124 cm³/mol. The summed E-state index contributed by atoms with van der Waals surface area (Å²) in [5.41, 5.74) is 0.0911. The lowest BCUT2D eigenvalue weighted by Crippen LogP contribution is -2.24. The number of rotatable bonds is 6. The molecule has 3 nitrogen and oxygen atoms in total. The van der Waals surface area contributed by atoms with Gasteiger partial charge in [0, 0.05) is 5.56 Å². The van der Waals surface area contributed by atoms with Crippen molar-refractivity contribution in [2.75, 3.05) is 6.61 Å². The summed E-state index contributed by atoms with van der Waals surface area (Å²) in [5.74, 6) is -6.32. The van der Waals surface area contributed by atoms with Crippen molar-refractivity contribution in [3.8, 4) is 16.9 Å². The average molecular weight is 504 g/mol. The number of benzene rings is 3. The van der Waals surface area contributed by atoms with Gasteiger partial charge in [-0.25, -0.2) is 22.4 Å². The van der Waals surface area contributed by atoms with Gasteiger partial charge < -0.3 is 9.47 Å². The van der Waals surface area contributed by atoms with Crippen LogP contribution in [-0.2, 0) is 4.74 Å². The molecule has 0 aromatic heterocycles. The van der Waals surface area contributed by atoms with Crippen LogP contribution in [0.4, 0.5) is 22.0 Å². The van der Waals surface area contributed by atoms with Gasteiger partial charge in [0.1, 0.15) is 11.9 Å². The number of hydrogen-bond acceptors (Lipinski definition) is 3. The van der Waals surface area contributed by atoms with Gasteiger partial charge in [-0.2, -0.15) is 4.39 Å². The van der Waals surface area contributed by atoms with Crippen molar-refractivity contribution < 1.29 is 36.2 Å². The number of carbonyl (C=O) groups is 1. The van der Waals surface area contributed by atoms with Crippen LogP contribution in [0.2, 0.25) is 0 Å². The van der Waals surface area contributed by atoms with Gasteiger partial charge in [-0.05, 0) is 86.4 Å². The second kappa shape index (κ2) is 10.7. The first-order chi connectivity index (χ1) is 17.2. The Morgan fingerprint density at radius 3 is 2.25 bits per heavy atom. The summed E-state index contributed by atoms with van der Waals surface area (Å²) in [5, 5.41) is 0. The Bertz CT molecular complexity index is 1280. The molecule has 1 aliphatic carbocycles. The molecule has 0 unspecified atom stereocenters. The van der Waals surface area contributed by atoms with Crippen LogP contribution in [0.3, 0.4) is 0 Å². The number of aryl methyl sites for hydroxylation is 1. The third-order valence-corrected chi connectivity index (χ3v) is 6.54. The van der Waals surface area contributed by atoms with Gasteiger partial charge in [0.2, 0.25) is 5.82 Å². The molecule has 0 heterocycles. The monoisotopic (exact) mass is 504 g/mol. The second-order valence-corrected chi connectivity index (χ2v) is 8.85. The zero-order valence-corrected chi connectivity index (χ0v) is 19.8. The molecular formula is C28H25F5O3. The van der Waals surface area contributed by atoms with E-state index in [0.29, 0.717) is 31.2 Å². The van der Waals surface area contributed by atoms with Crippen LogP contribution < -0.4 is 4.74 Å². The third-order valence-electron chi connectivity index (χ3n) is 6.54. The van der Waals surface area contributed by atoms with Crippen molar-refractivity contribution >= 4 is 5.97 Å². The van der Waals surface area contributed by atoms with Crippen LogP contribution in [0.5, 0.6) is 5.75 Å². The molecular weight excluding hydrogens is 479 g/mol. The summed E-state index contributed by atoms with van der Waals surface area (Å²) in [6.45, 7) is 3.29. The first kappa shape index (κ1) is 25.7. The fourth-order valence-electron chi connectivity index (χ4n) is 4.55. The standard InChI is InChI=1S/C28H25F5O3/c1-3-35-23-13-12-20(26(32)27(23)33)17-7-11-21(22(29)14-17)28(34)36-18-8-5-16(6-9-18)19-10-4-15(2)24(30)25(19)31/h4,7,10-14,16,18H,3,5-6,8-9H2,1-2H3. The van der Waals surface area contributed by atoms with E-state index in [1.807, 2.05) is 0 Å². The minimum Gasteiger partial charge on any atom is -0.491 e. The first-order valence-electron chi connectivity index (χ1n) is 11.8. The lowest BCUT2D eigenvalue weighted by molar-refractivity contribution is 0.0189. The third kappa shape index (κ3) is 5.08. The van der Waals surface area contributed by atoms with Crippen molar-refractivity contribution in [2.45, 2.75) is 51.6 Å². The second-order valence-electron chi connectivity index (χ2n) is 8.85. The van der Waals surface area contributed by atoms with E-state index >= 15 is 0 Å². The first-order valence-corrected chi connectivity index (χ1v) is 11.8. The Morgan fingerprint density at radius 2 is 1.58 bits per heavy atom. The number of esters is 1. The van der Waals surface area contributed by atoms with Gasteiger partial charge in [-0.1, -0.05) is 18.2 Å². The van der Waals surface area contributed by atoms with Crippen LogP contribution in [0.15, 0.2) is 42.5 Å². The van der Waals surface area contributed by atoms with Crippen LogP contribution in [0, 0.1) is 36.0 Å². The Labute approximate surface area is 205 Å². The van der Waals surface area contributed by atoms with Gasteiger partial charge >= 0.3 is 5.97 Å². The number of ether oxygens (including phenoxy) is 2. The molecule has 3 aromatic rings. The minimum absolute atomic E-state index is 0.0522. The van der Waals surface area contributed by atoms with Crippen LogP contribution in [0.25, 0.3) is 11.1 Å². The van der Waals surface area contributed by atoms with Gasteiger partial charge in [-0.15, -0.1) is 0 Å². The van der Waals surface area contributed by atoms with E-state index in [4.69, 9.17) is 9.47 Å². The van der Waals surface area contributed by atoms with Crippen molar-refractivity contribution in [3.05, 3.63) is 88.2 Å². The topological polar surface area (TPSA) is 35.5 Å². The van der Waals surface area contributed by atoms with E-state index in [0.717, 1.165) is 12.1 Å². The number of carbonyl (C=O) groups excluding carboxylic acids is 1. The van der Waals surface area contributed by atoms with Crippen molar-refractivity contribution in [3.63, 3.8) is 0 Å². The molecule has 3 aromatic carbocycles. The maximum absolute atomic E-state index is 14.8. The average Bonchev–Trinajstić information content (AvgIpc) is 2.86. The summed E-state index contributed by atoms with van der Waals surface area (Å²) in [7, 11) is 0. The molecule has 190 valence electrons. The Morgan fingerprint density at radius 1 is 0.861 bits per heavy atom. The minimum atomic E-state index is -1.18. The molecule has 4 rings (SSSR count). The van der Waals surface area contributed by atoms with Crippen LogP contribution in [0.1, 0.15) is 60.0 Å². The highest BCUT2D eigenvalue weighted by molar-refractivity contribution is 5.90. The lowest BCUT2D eigenvalue weighted by Gasteiger charge is -2.29. The van der Waals surface area contributed by atoms with E-state index in [-0.39, 0.29) is 40.5 Å². The van der Waals surface area contributed by atoms with Crippen molar-refractivity contribution in [2.24, 2.45) is 0 Å². The summed E-state index contributed by atoms with van der Waals surface area (Å²) in [6.07, 6.45) is 1.32. The summed E-state index contributed by atoms with van der Waals surface area (Å²) >= 11 is 0. The summed E-state index contributed by atoms with van der Waals surface area (Å²) in [4.78, 5) is 12.6. The fraction of sp³-hybridized carbons (Fsp3) is 0.321. The molecule has 1 aliphatic rings. The molecule has 0 atom stereocenters. The zero-order chi connectivity index (χ0) is 26.0. The molecule has 0 bridgehead atoms. The predicted octanol–water partition coefficient (Wildman–Crippen LogP) is 7.64. The maximum atomic E-state index is 14.8. The highest BCUT2D eigenvalue weighted by atomic mass is 19.2. The van der Waals surface area contributed by atoms with E-state index in [1.54, 1.807) is 19.1 Å². The van der Waals surface area contributed by atoms with E-state index in [9.17, 15) is 26.7 Å². The largest absolute Gasteiger partial charge is 0.491 e. The highest BCUT2D eigenvalue weighted by Crippen LogP contribution is 2.37. The Kier molecular flexibility index (Phi) is 7.62. The van der Waals surface area contributed by atoms with Crippen molar-refractivity contribution in [1.82, 2.24) is 0 Å². The zero-order valence-electron chi connectivity index (χ0n) is 19.8. The molecule has 0 spiro atoms. The fourth-order valence-corrected chi connectivity index (χ4v) is 4.55. The number of halogens is 5. The van der Waals surface area contributed by atoms with Gasteiger partial charge in [0.15, 0.2) is 23.2 Å². The van der Waals surface area contributed by atoms with Gasteiger partial charge in [0.05, 0.1) is 12.2 Å². The van der Waals surface area contributed by atoms with Crippen LogP contribution in [-0.4, -0.2) is 18.7 Å². The molecule has 1 fully saturated rings. The highest BCUT2D eigenvalue weighted by Gasteiger charge is 2.29. The molecule has 8 heteroatoms. The van der Waals surface area contributed by atoms with Crippen molar-refractivity contribution in [1.29, 1.82) is 0 Å². The molecule has 0 radical (unpaired) electrons. The molecule has 0 aliphatic heterocycles. The molecule has 0 N–H and O–H groups in total. The maximum Gasteiger partial charge on any atom is 0.341 e. The summed E-state index contributed by atoms with van der Waals surface area (Å²) < 4.78 is 82.1. The van der Waals surface area contributed by atoms with E-state index in [2.05, 4.69) is 0 Å². The molecule has 1 saturated carbocycles. The summed E-state index contributed by atoms with van der Waals surface area (Å²) in [6, 6.07) is 9.07. The smallest absolute Gasteiger partial charge is 0.341 e.